The van der Waals surface area contributed by atoms with E-state index in [2.05, 4.69) is 4.86 Å². The minimum atomic E-state index is -2.68. The van der Waals surface area contributed by atoms with Gasteiger partial charge in [-0.05, 0) is 49.3 Å². The van der Waals surface area contributed by atoms with Gasteiger partial charge >= 0.3 is 0 Å². The second-order valence-electron chi connectivity index (χ2n) is 5.93. The van der Waals surface area contributed by atoms with Gasteiger partial charge in [0.15, 0.2) is 0 Å². The first kappa shape index (κ1) is 16.5. The summed E-state index contributed by atoms with van der Waals surface area (Å²) in [5.74, 6) is 0. The van der Waals surface area contributed by atoms with E-state index in [1.807, 2.05) is 0 Å². The summed E-state index contributed by atoms with van der Waals surface area (Å²) in [6.07, 6.45) is 5.64. The fraction of sp³-hybridized carbons (Fsp3) is 1.00. The van der Waals surface area contributed by atoms with E-state index in [9.17, 15) is 9.79 Å². The number of rotatable bonds is 4. The summed E-state index contributed by atoms with van der Waals surface area (Å²) in [4.78, 5) is 24.3. The minimum absolute atomic E-state index is 0.161. The number of hydrogen-bond donors (Lipinski definition) is 3. The summed E-state index contributed by atoms with van der Waals surface area (Å²) in [6, 6.07) is 0. The summed E-state index contributed by atoms with van der Waals surface area (Å²) in [7, 11) is 0. The van der Waals surface area contributed by atoms with E-state index >= 15 is 0 Å². The fourth-order valence-corrected chi connectivity index (χ4v) is 12.3. The molecule has 7 heteroatoms. The van der Waals surface area contributed by atoms with Gasteiger partial charge < -0.3 is 9.79 Å². The van der Waals surface area contributed by atoms with Gasteiger partial charge in [-0.25, -0.2) is 4.86 Å². The van der Waals surface area contributed by atoms with Crippen LogP contribution in [0.25, 0.3) is 0 Å². The van der Waals surface area contributed by atoms with Gasteiger partial charge in [0.1, 0.15) is 12.8 Å². The Hall–Kier alpha value is 1.18. The van der Waals surface area contributed by atoms with Gasteiger partial charge in [0.2, 0.25) is 0 Å². The molecule has 2 aliphatic rings. The van der Waals surface area contributed by atoms with E-state index < -0.39 is 12.8 Å². The van der Waals surface area contributed by atoms with E-state index in [1.54, 1.807) is 0 Å². The standard InChI is InChI=1S/C12H25NO2P2S2/c14-16(18,11-7-3-1-4-8-11)13-17(15,19)12-9-5-2-6-10-12/h11-12H,1-10H2,(H3,13,14,15,18,19). The molecule has 2 unspecified atom stereocenters. The lowest BCUT2D eigenvalue weighted by Gasteiger charge is -2.36. The molecule has 0 aromatic heterocycles. The highest BCUT2D eigenvalue weighted by molar-refractivity contribution is 8.19. The van der Waals surface area contributed by atoms with Crippen LogP contribution in [0.5, 0.6) is 0 Å². The van der Waals surface area contributed by atoms with Crippen LogP contribution >= 0.6 is 12.8 Å². The molecule has 2 atom stereocenters. The van der Waals surface area contributed by atoms with Crippen LogP contribution in [0.15, 0.2) is 0 Å². The van der Waals surface area contributed by atoms with E-state index in [0.717, 1.165) is 51.4 Å². The highest BCUT2D eigenvalue weighted by Gasteiger charge is 2.36. The first-order valence-electron chi connectivity index (χ1n) is 7.36. The molecule has 2 fully saturated rings. The molecule has 0 aliphatic heterocycles. The average molecular weight is 341 g/mol. The third-order valence-corrected chi connectivity index (χ3v) is 13.0. The maximum atomic E-state index is 10.6. The normalized spacial score (nSPS) is 29.6. The Balaban J connectivity index is 2.00. The molecular weight excluding hydrogens is 316 g/mol. The highest BCUT2D eigenvalue weighted by atomic mass is 32.5. The van der Waals surface area contributed by atoms with Gasteiger partial charge in [0.25, 0.3) is 0 Å². The van der Waals surface area contributed by atoms with Gasteiger partial charge in [-0.3, -0.25) is 0 Å². The third-order valence-electron chi connectivity index (χ3n) is 4.43. The number of nitrogens with one attached hydrogen (secondary N) is 1. The lowest BCUT2D eigenvalue weighted by atomic mass is 10.0. The SMILES string of the molecule is OP(=S)(NP(O)(=S)C1CCCCC1)C1CCCCC1. The molecule has 2 aliphatic carbocycles. The second kappa shape index (κ2) is 6.96. The molecular formula is C12H25NO2P2S2. The Morgan fingerprint density at radius 1 is 0.684 bits per heavy atom. The Bertz CT molecular complexity index is 357. The lowest BCUT2D eigenvalue weighted by molar-refractivity contribution is 0.469. The zero-order valence-electron chi connectivity index (χ0n) is 11.3. The molecule has 19 heavy (non-hydrogen) atoms. The molecule has 112 valence electrons. The summed E-state index contributed by atoms with van der Waals surface area (Å²) in [5.41, 5.74) is 0.323. The van der Waals surface area contributed by atoms with E-state index in [0.29, 0.717) is 0 Å². The van der Waals surface area contributed by atoms with Crippen molar-refractivity contribution in [2.75, 3.05) is 0 Å². The van der Waals surface area contributed by atoms with Crippen LogP contribution < -0.4 is 4.86 Å². The predicted molar refractivity (Wildman–Crippen MR) is 89.9 cm³/mol. The second-order valence-corrected chi connectivity index (χ2v) is 14.0. The fourth-order valence-electron chi connectivity index (χ4n) is 3.23. The van der Waals surface area contributed by atoms with Crippen LogP contribution in [0.2, 0.25) is 0 Å². The van der Waals surface area contributed by atoms with Crippen molar-refractivity contribution in [2.45, 2.75) is 75.5 Å². The monoisotopic (exact) mass is 341 g/mol. The summed E-state index contributed by atoms with van der Waals surface area (Å²) < 4.78 is 0. The van der Waals surface area contributed by atoms with Gasteiger partial charge in [0.05, 0.1) is 0 Å². The van der Waals surface area contributed by atoms with Crippen LogP contribution in [-0.4, -0.2) is 21.1 Å². The van der Waals surface area contributed by atoms with Gasteiger partial charge in [-0.1, -0.05) is 38.5 Å². The topological polar surface area (TPSA) is 52.5 Å². The van der Waals surface area contributed by atoms with Crippen molar-refractivity contribution >= 4 is 36.4 Å². The molecule has 3 nitrogen and oxygen atoms in total. The highest BCUT2D eigenvalue weighted by Crippen LogP contribution is 2.60. The van der Waals surface area contributed by atoms with Crippen molar-refractivity contribution < 1.29 is 9.79 Å². The summed E-state index contributed by atoms with van der Waals surface area (Å²) in [6.45, 7) is 0. The van der Waals surface area contributed by atoms with Crippen LogP contribution in [0.3, 0.4) is 0 Å². The first-order chi connectivity index (χ1) is 8.92. The zero-order chi connectivity index (χ0) is 13.9. The molecule has 0 saturated heterocycles. The lowest BCUT2D eigenvalue weighted by Crippen LogP contribution is -2.25. The molecule has 0 amide bonds. The van der Waals surface area contributed by atoms with Crippen LogP contribution in [-0.2, 0) is 23.6 Å². The number of hydrogen-bond acceptors (Lipinski definition) is 2. The molecule has 0 aromatic rings. The molecule has 0 radical (unpaired) electrons. The summed E-state index contributed by atoms with van der Waals surface area (Å²) >= 11 is 10.9. The van der Waals surface area contributed by atoms with Crippen LogP contribution in [0.4, 0.5) is 0 Å². The van der Waals surface area contributed by atoms with Gasteiger partial charge in [-0.2, -0.15) is 0 Å². The van der Waals surface area contributed by atoms with Crippen molar-refractivity contribution in [2.24, 2.45) is 0 Å². The Morgan fingerprint density at radius 3 is 1.32 bits per heavy atom. The average Bonchev–Trinajstić information content (AvgIpc) is 2.40. The van der Waals surface area contributed by atoms with Crippen molar-refractivity contribution in [3.8, 4) is 0 Å². The smallest absolute Gasteiger partial charge is 0.135 e. The van der Waals surface area contributed by atoms with Crippen LogP contribution in [0, 0.1) is 0 Å². The minimum Gasteiger partial charge on any atom is -0.353 e. The molecule has 0 aromatic carbocycles. The molecule has 0 heterocycles. The van der Waals surface area contributed by atoms with E-state index in [4.69, 9.17) is 23.6 Å². The van der Waals surface area contributed by atoms with E-state index in [-0.39, 0.29) is 11.3 Å². The summed E-state index contributed by atoms with van der Waals surface area (Å²) in [5, 5.41) is 0. The van der Waals surface area contributed by atoms with Crippen molar-refractivity contribution in [1.82, 2.24) is 4.86 Å². The predicted octanol–water partition coefficient (Wildman–Crippen LogP) is 3.85. The van der Waals surface area contributed by atoms with Crippen molar-refractivity contribution in [3.63, 3.8) is 0 Å². The quantitative estimate of drug-likeness (QED) is 0.678. The van der Waals surface area contributed by atoms with Crippen molar-refractivity contribution in [3.05, 3.63) is 0 Å². The molecule has 0 bridgehead atoms. The molecule has 3 N–H and O–H groups in total. The molecule has 2 rings (SSSR count). The largest absolute Gasteiger partial charge is 0.353 e. The Morgan fingerprint density at radius 2 is 1.00 bits per heavy atom. The molecule has 2 saturated carbocycles. The maximum absolute atomic E-state index is 10.6. The van der Waals surface area contributed by atoms with E-state index in [1.165, 1.54) is 12.8 Å². The van der Waals surface area contributed by atoms with Gasteiger partial charge in [0, 0.05) is 11.3 Å². The first-order valence-corrected chi connectivity index (χ1v) is 13.0. The third kappa shape index (κ3) is 4.57. The Labute approximate surface area is 126 Å². The van der Waals surface area contributed by atoms with Crippen molar-refractivity contribution in [1.29, 1.82) is 0 Å². The molecule has 0 spiro atoms. The zero-order valence-corrected chi connectivity index (χ0v) is 14.8. The van der Waals surface area contributed by atoms with Crippen LogP contribution in [0.1, 0.15) is 64.2 Å². The Kier molecular flexibility index (Phi) is 6.06. The van der Waals surface area contributed by atoms with Gasteiger partial charge in [-0.15, -0.1) is 0 Å². The maximum Gasteiger partial charge on any atom is 0.135 e.